The number of hydrogen-bond acceptors (Lipinski definition) is 0. The molecule has 0 heterocycles. The van der Waals surface area contributed by atoms with E-state index in [9.17, 15) is 0 Å². The maximum absolute atomic E-state index is 4.52. The highest BCUT2D eigenvalue weighted by atomic mass is 14.3. The van der Waals surface area contributed by atoms with Gasteiger partial charge < -0.3 is 0 Å². The van der Waals surface area contributed by atoms with Crippen LogP contribution in [-0.4, -0.2) is 0 Å². The Hall–Kier alpha value is -1.56. The Kier molecular flexibility index (Phi) is 6.87. The molecule has 1 fully saturated rings. The van der Waals surface area contributed by atoms with Crippen molar-refractivity contribution < 1.29 is 0 Å². The molecule has 1 aliphatic carbocycles. The maximum atomic E-state index is 4.52. The molecule has 0 radical (unpaired) electrons. The average Bonchev–Trinajstić information content (AvgIpc) is 2.79. The first-order chi connectivity index (χ1) is 11.9. The Labute approximate surface area is 155 Å². The van der Waals surface area contributed by atoms with Crippen molar-refractivity contribution in [3.63, 3.8) is 0 Å². The van der Waals surface area contributed by atoms with E-state index in [0.717, 1.165) is 5.57 Å². The Balaban J connectivity index is 2.27. The van der Waals surface area contributed by atoms with E-state index in [1.165, 1.54) is 67.2 Å². The molecule has 0 aromatic heterocycles. The third kappa shape index (κ3) is 4.97. The maximum Gasteiger partial charge on any atom is -0.0110 e. The Morgan fingerprint density at radius 2 is 1.72 bits per heavy atom. The molecule has 2 rings (SSSR count). The predicted octanol–water partition coefficient (Wildman–Crippen LogP) is 8.15. The minimum absolute atomic E-state index is 0.478. The molecule has 0 heteroatoms. The van der Waals surface area contributed by atoms with Gasteiger partial charge in [0.1, 0.15) is 0 Å². The molecular weight excluding hydrogens is 300 g/mol. The summed E-state index contributed by atoms with van der Waals surface area (Å²) in [6.07, 6.45) is 13.9. The van der Waals surface area contributed by atoms with E-state index < -0.39 is 0 Å². The van der Waals surface area contributed by atoms with Crippen LogP contribution in [0.15, 0.2) is 37.4 Å². The first kappa shape index (κ1) is 19.8. The van der Waals surface area contributed by atoms with Gasteiger partial charge in [-0.1, -0.05) is 88.6 Å². The lowest BCUT2D eigenvalue weighted by Crippen LogP contribution is -2.19. The fourth-order valence-electron chi connectivity index (χ4n) is 4.48. The smallest absolute Gasteiger partial charge is 0.0110 e. The fourth-order valence-corrected chi connectivity index (χ4v) is 4.48. The number of allylic oxidation sites excluding steroid dienone is 3. The highest BCUT2D eigenvalue weighted by Crippen LogP contribution is 2.43. The van der Waals surface area contributed by atoms with E-state index in [4.69, 9.17) is 0 Å². The molecule has 1 saturated carbocycles. The van der Waals surface area contributed by atoms with Crippen LogP contribution in [0.2, 0.25) is 0 Å². The molecule has 0 spiro atoms. The van der Waals surface area contributed by atoms with Crippen molar-refractivity contribution in [1.29, 1.82) is 0 Å². The lowest BCUT2D eigenvalue weighted by molar-refractivity contribution is 0.233. The molecule has 136 valence electrons. The predicted molar refractivity (Wildman–Crippen MR) is 114 cm³/mol. The molecule has 0 nitrogen and oxygen atoms in total. The van der Waals surface area contributed by atoms with Crippen LogP contribution in [0.1, 0.15) is 89.3 Å². The molecule has 25 heavy (non-hydrogen) atoms. The standard InChI is InChI=1S/C25H36/c1-7-13-24-22(19(2)3)14-12-15-23(24)21(5)20(4)18-25(6)16-10-8-9-11-17-25/h7,12-15,20H,2,5,8-11,16-18H2,1,3-4,6H3/b13-7-. The van der Waals surface area contributed by atoms with Crippen molar-refractivity contribution in [2.45, 2.75) is 72.6 Å². The van der Waals surface area contributed by atoms with Crippen LogP contribution in [0.3, 0.4) is 0 Å². The van der Waals surface area contributed by atoms with Gasteiger partial charge in [0.2, 0.25) is 0 Å². The molecule has 1 unspecified atom stereocenters. The summed E-state index contributed by atoms with van der Waals surface area (Å²) >= 11 is 0. The van der Waals surface area contributed by atoms with Gasteiger partial charge in [-0.3, -0.25) is 0 Å². The SMILES string of the molecule is C=C(C)c1cccc(C(=C)C(C)CC2(C)CCCCCC2)c1/C=C\C. The van der Waals surface area contributed by atoms with Crippen LogP contribution in [0, 0.1) is 11.3 Å². The first-order valence-electron chi connectivity index (χ1n) is 9.99. The van der Waals surface area contributed by atoms with Crippen molar-refractivity contribution in [3.05, 3.63) is 54.1 Å². The van der Waals surface area contributed by atoms with Gasteiger partial charge in [-0.15, -0.1) is 0 Å². The second kappa shape index (κ2) is 8.70. The first-order valence-corrected chi connectivity index (χ1v) is 9.99. The molecule has 1 aromatic rings. The van der Waals surface area contributed by atoms with Crippen molar-refractivity contribution in [3.8, 4) is 0 Å². The van der Waals surface area contributed by atoms with Crippen molar-refractivity contribution in [1.82, 2.24) is 0 Å². The summed E-state index contributed by atoms with van der Waals surface area (Å²) < 4.78 is 0. The largest absolute Gasteiger partial charge is 0.0955 e. The third-order valence-electron chi connectivity index (χ3n) is 5.95. The van der Waals surface area contributed by atoms with Gasteiger partial charge in [0.05, 0.1) is 0 Å². The fraction of sp³-hybridized carbons (Fsp3) is 0.520. The van der Waals surface area contributed by atoms with Crippen LogP contribution >= 0.6 is 0 Å². The molecular formula is C25H36. The zero-order valence-electron chi connectivity index (χ0n) is 16.8. The average molecular weight is 337 g/mol. The topological polar surface area (TPSA) is 0 Å². The van der Waals surface area contributed by atoms with Gasteiger partial charge in [-0.25, -0.2) is 0 Å². The zero-order valence-corrected chi connectivity index (χ0v) is 16.8. The summed E-state index contributed by atoms with van der Waals surface area (Å²) in [7, 11) is 0. The second-order valence-electron chi connectivity index (χ2n) is 8.40. The Bertz CT molecular complexity index is 636. The second-order valence-corrected chi connectivity index (χ2v) is 8.40. The van der Waals surface area contributed by atoms with E-state index in [-0.39, 0.29) is 0 Å². The van der Waals surface area contributed by atoms with Crippen LogP contribution < -0.4 is 0 Å². The molecule has 0 N–H and O–H groups in total. The quantitative estimate of drug-likeness (QED) is 0.460. The van der Waals surface area contributed by atoms with E-state index in [0.29, 0.717) is 11.3 Å². The lowest BCUT2D eigenvalue weighted by atomic mass is 9.73. The number of hydrogen-bond donors (Lipinski definition) is 0. The van der Waals surface area contributed by atoms with Crippen molar-refractivity contribution in [2.24, 2.45) is 11.3 Å². The minimum atomic E-state index is 0.478. The van der Waals surface area contributed by atoms with E-state index >= 15 is 0 Å². The van der Waals surface area contributed by atoms with Crippen molar-refractivity contribution >= 4 is 17.2 Å². The van der Waals surface area contributed by atoms with Gasteiger partial charge in [0.25, 0.3) is 0 Å². The molecule has 0 saturated heterocycles. The van der Waals surface area contributed by atoms with E-state index in [1.807, 2.05) is 0 Å². The van der Waals surface area contributed by atoms with Gasteiger partial charge in [0, 0.05) is 0 Å². The molecule has 0 aliphatic heterocycles. The molecule has 1 aromatic carbocycles. The third-order valence-corrected chi connectivity index (χ3v) is 5.95. The highest BCUT2D eigenvalue weighted by Gasteiger charge is 2.29. The molecule has 0 amide bonds. The van der Waals surface area contributed by atoms with E-state index in [2.05, 4.69) is 71.2 Å². The van der Waals surface area contributed by atoms with Gasteiger partial charge >= 0.3 is 0 Å². The molecule has 0 bridgehead atoms. The minimum Gasteiger partial charge on any atom is -0.0955 e. The highest BCUT2D eigenvalue weighted by molar-refractivity contribution is 5.81. The van der Waals surface area contributed by atoms with Crippen LogP contribution in [0.4, 0.5) is 0 Å². The van der Waals surface area contributed by atoms with E-state index in [1.54, 1.807) is 0 Å². The van der Waals surface area contributed by atoms with Gasteiger partial charge in [-0.05, 0) is 66.7 Å². The lowest BCUT2D eigenvalue weighted by Gasteiger charge is -2.32. The summed E-state index contributed by atoms with van der Waals surface area (Å²) in [5.41, 5.74) is 6.69. The van der Waals surface area contributed by atoms with Gasteiger partial charge in [-0.2, -0.15) is 0 Å². The number of rotatable bonds is 6. The number of benzene rings is 1. The molecule has 1 atom stereocenters. The molecule has 1 aliphatic rings. The monoisotopic (exact) mass is 336 g/mol. The van der Waals surface area contributed by atoms with Crippen LogP contribution in [0.5, 0.6) is 0 Å². The summed E-state index contributed by atoms with van der Waals surface area (Å²) in [6.45, 7) is 17.7. The van der Waals surface area contributed by atoms with Crippen LogP contribution in [-0.2, 0) is 0 Å². The normalized spacial score (nSPS) is 18.7. The zero-order chi connectivity index (χ0) is 18.4. The Morgan fingerprint density at radius 1 is 1.12 bits per heavy atom. The van der Waals surface area contributed by atoms with Crippen molar-refractivity contribution in [2.75, 3.05) is 0 Å². The Morgan fingerprint density at radius 3 is 2.28 bits per heavy atom. The summed E-state index contributed by atoms with van der Waals surface area (Å²) in [5.74, 6) is 0.507. The van der Waals surface area contributed by atoms with Crippen LogP contribution in [0.25, 0.3) is 17.2 Å². The summed E-state index contributed by atoms with van der Waals surface area (Å²) in [4.78, 5) is 0. The summed E-state index contributed by atoms with van der Waals surface area (Å²) in [5, 5.41) is 0. The summed E-state index contributed by atoms with van der Waals surface area (Å²) in [6, 6.07) is 6.55. The van der Waals surface area contributed by atoms with Gasteiger partial charge in [0.15, 0.2) is 0 Å².